The zero-order chi connectivity index (χ0) is 9.84. The predicted octanol–water partition coefficient (Wildman–Crippen LogP) is 2.19. The third kappa shape index (κ3) is 2.42. The van der Waals surface area contributed by atoms with Crippen LogP contribution in [0.4, 0.5) is 4.39 Å². The van der Waals surface area contributed by atoms with Gasteiger partial charge in [-0.25, -0.2) is 4.39 Å². The first-order valence-corrected chi connectivity index (χ1v) is 4.82. The quantitative estimate of drug-likeness (QED) is 0.861. The van der Waals surface area contributed by atoms with E-state index >= 15 is 0 Å². The van der Waals surface area contributed by atoms with Crippen LogP contribution in [0, 0.1) is 5.82 Å². The van der Waals surface area contributed by atoms with E-state index in [1.54, 1.807) is 0 Å². The molecular formula is C9H11BrFNO. The van der Waals surface area contributed by atoms with Gasteiger partial charge >= 0.3 is 0 Å². The number of nitrogens with two attached hydrogens (primary N) is 1. The molecule has 3 N–H and O–H groups in total. The van der Waals surface area contributed by atoms with Gasteiger partial charge in [0, 0.05) is 5.56 Å². The van der Waals surface area contributed by atoms with Gasteiger partial charge in [-0.3, -0.25) is 0 Å². The van der Waals surface area contributed by atoms with Crippen LogP contribution in [0.3, 0.4) is 0 Å². The van der Waals surface area contributed by atoms with E-state index in [9.17, 15) is 9.50 Å². The monoisotopic (exact) mass is 247 g/mol. The zero-order valence-corrected chi connectivity index (χ0v) is 8.64. The molecule has 0 radical (unpaired) electrons. The fraction of sp³-hybridized carbons (Fsp3) is 0.333. The molecule has 0 atom stereocenters. The van der Waals surface area contributed by atoms with E-state index in [4.69, 9.17) is 5.73 Å². The van der Waals surface area contributed by atoms with E-state index in [1.165, 1.54) is 12.1 Å². The van der Waals surface area contributed by atoms with Gasteiger partial charge in [-0.2, -0.15) is 0 Å². The second-order valence-electron chi connectivity index (χ2n) is 2.75. The molecule has 0 saturated heterocycles. The van der Waals surface area contributed by atoms with Crippen molar-refractivity contribution in [1.82, 2.24) is 0 Å². The van der Waals surface area contributed by atoms with Crippen LogP contribution in [-0.2, 0) is 6.42 Å². The highest BCUT2D eigenvalue weighted by Crippen LogP contribution is 2.30. The van der Waals surface area contributed by atoms with Crippen LogP contribution in [0.5, 0.6) is 5.75 Å². The Labute approximate surface area is 84.7 Å². The van der Waals surface area contributed by atoms with Crippen molar-refractivity contribution >= 4 is 15.9 Å². The molecule has 1 aromatic rings. The zero-order valence-electron chi connectivity index (χ0n) is 7.06. The number of rotatable bonds is 3. The first-order chi connectivity index (χ1) is 6.16. The first kappa shape index (κ1) is 10.5. The number of halogens is 2. The molecule has 0 aliphatic rings. The fourth-order valence-electron chi connectivity index (χ4n) is 1.10. The molecule has 1 aromatic carbocycles. The number of phenols is 1. The van der Waals surface area contributed by atoms with Gasteiger partial charge in [0.2, 0.25) is 0 Å². The van der Waals surface area contributed by atoms with Crippen molar-refractivity contribution < 1.29 is 9.50 Å². The van der Waals surface area contributed by atoms with Gasteiger partial charge in [0.25, 0.3) is 0 Å². The van der Waals surface area contributed by atoms with Gasteiger partial charge in [0.15, 0.2) is 0 Å². The highest BCUT2D eigenvalue weighted by molar-refractivity contribution is 9.10. The summed E-state index contributed by atoms with van der Waals surface area (Å²) in [6.45, 7) is 0.491. The molecule has 0 bridgehead atoms. The molecular weight excluding hydrogens is 237 g/mol. The van der Waals surface area contributed by atoms with Crippen molar-refractivity contribution in [2.75, 3.05) is 6.54 Å². The Bertz CT molecular complexity index is 304. The van der Waals surface area contributed by atoms with Crippen LogP contribution in [0.15, 0.2) is 16.6 Å². The largest absolute Gasteiger partial charge is 0.506 e. The van der Waals surface area contributed by atoms with Crippen molar-refractivity contribution in [3.63, 3.8) is 0 Å². The average Bonchev–Trinajstić information content (AvgIpc) is 2.12. The maximum atomic E-state index is 13.1. The van der Waals surface area contributed by atoms with E-state index in [1.807, 2.05) is 0 Å². The predicted molar refractivity (Wildman–Crippen MR) is 53.1 cm³/mol. The van der Waals surface area contributed by atoms with Gasteiger partial charge in [0.05, 0.1) is 4.47 Å². The maximum absolute atomic E-state index is 13.1. The topological polar surface area (TPSA) is 46.2 Å². The molecule has 0 amide bonds. The SMILES string of the molecule is NCCCc1c(F)ccc(Br)c1O. The lowest BCUT2D eigenvalue weighted by atomic mass is 10.1. The summed E-state index contributed by atoms with van der Waals surface area (Å²) in [6.07, 6.45) is 1.13. The Hall–Kier alpha value is -0.610. The number of benzene rings is 1. The first-order valence-electron chi connectivity index (χ1n) is 4.02. The molecule has 0 aromatic heterocycles. The van der Waals surface area contributed by atoms with Crippen molar-refractivity contribution in [1.29, 1.82) is 0 Å². The normalized spacial score (nSPS) is 10.4. The summed E-state index contributed by atoms with van der Waals surface area (Å²) in [5, 5.41) is 9.48. The minimum Gasteiger partial charge on any atom is -0.506 e. The van der Waals surface area contributed by atoms with Crippen LogP contribution >= 0.6 is 15.9 Å². The van der Waals surface area contributed by atoms with E-state index in [0.717, 1.165) is 0 Å². The molecule has 0 aliphatic carbocycles. The van der Waals surface area contributed by atoms with Gasteiger partial charge in [-0.05, 0) is 47.4 Å². The summed E-state index contributed by atoms with van der Waals surface area (Å²) in [6, 6.07) is 2.81. The summed E-state index contributed by atoms with van der Waals surface area (Å²) in [4.78, 5) is 0. The minimum atomic E-state index is -0.380. The smallest absolute Gasteiger partial charge is 0.135 e. The van der Waals surface area contributed by atoms with Crippen LogP contribution in [0.25, 0.3) is 0 Å². The number of phenolic OH excluding ortho intramolecular Hbond substituents is 1. The lowest BCUT2D eigenvalue weighted by molar-refractivity contribution is 0.454. The fourth-order valence-corrected chi connectivity index (χ4v) is 1.47. The average molecular weight is 248 g/mol. The molecule has 0 fully saturated rings. The molecule has 13 heavy (non-hydrogen) atoms. The molecule has 0 aliphatic heterocycles. The Morgan fingerprint density at radius 3 is 2.77 bits per heavy atom. The molecule has 0 spiro atoms. The Kier molecular flexibility index (Phi) is 3.69. The molecule has 4 heteroatoms. The minimum absolute atomic E-state index is 0.0200. The second kappa shape index (κ2) is 4.58. The van der Waals surface area contributed by atoms with Gasteiger partial charge in [-0.1, -0.05) is 0 Å². The molecule has 0 saturated carbocycles. The second-order valence-corrected chi connectivity index (χ2v) is 3.60. The molecule has 1 rings (SSSR count). The third-order valence-corrected chi connectivity index (χ3v) is 2.45. The van der Waals surface area contributed by atoms with Crippen LogP contribution in [-0.4, -0.2) is 11.7 Å². The van der Waals surface area contributed by atoms with Crippen molar-refractivity contribution in [2.24, 2.45) is 5.73 Å². The van der Waals surface area contributed by atoms with E-state index in [-0.39, 0.29) is 11.6 Å². The number of hydrogen-bond donors (Lipinski definition) is 2. The Morgan fingerprint density at radius 1 is 1.46 bits per heavy atom. The van der Waals surface area contributed by atoms with Crippen LogP contribution in [0.1, 0.15) is 12.0 Å². The summed E-state index contributed by atoms with van der Waals surface area (Å²) in [5.74, 6) is -0.400. The Morgan fingerprint density at radius 2 is 2.15 bits per heavy atom. The van der Waals surface area contributed by atoms with E-state index < -0.39 is 0 Å². The van der Waals surface area contributed by atoms with E-state index in [0.29, 0.717) is 29.4 Å². The lowest BCUT2D eigenvalue weighted by Crippen LogP contribution is -2.02. The number of hydrogen-bond acceptors (Lipinski definition) is 2. The van der Waals surface area contributed by atoms with E-state index in [2.05, 4.69) is 15.9 Å². The Balaban J connectivity index is 2.96. The highest BCUT2D eigenvalue weighted by Gasteiger charge is 2.10. The molecule has 0 unspecified atom stereocenters. The third-order valence-electron chi connectivity index (χ3n) is 1.81. The summed E-state index contributed by atoms with van der Waals surface area (Å²) in [7, 11) is 0. The molecule has 2 nitrogen and oxygen atoms in total. The lowest BCUT2D eigenvalue weighted by Gasteiger charge is -2.06. The van der Waals surface area contributed by atoms with Gasteiger partial charge in [0.1, 0.15) is 11.6 Å². The summed E-state index contributed by atoms with van der Waals surface area (Å²) >= 11 is 3.12. The van der Waals surface area contributed by atoms with Crippen LogP contribution < -0.4 is 5.73 Å². The molecule has 0 heterocycles. The summed E-state index contributed by atoms with van der Waals surface area (Å²) < 4.78 is 13.6. The summed E-state index contributed by atoms with van der Waals surface area (Å²) in [5.41, 5.74) is 5.63. The van der Waals surface area contributed by atoms with Crippen molar-refractivity contribution in [2.45, 2.75) is 12.8 Å². The maximum Gasteiger partial charge on any atom is 0.135 e. The van der Waals surface area contributed by atoms with Crippen molar-refractivity contribution in [3.8, 4) is 5.75 Å². The highest BCUT2D eigenvalue weighted by atomic mass is 79.9. The van der Waals surface area contributed by atoms with Gasteiger partial charge < -0.3 is 10.8 Å². The van der Waals surface area contributed by atoms with Crippen molar-refractivity contribution in [3.05, 3.63) is 28.0 Å². The van der Waals surface area contributed by atoms with Gasteiger partial charge in [-0.15, -0.1) is 0 Å². The standard InChI is InChI=1S/C9H11BrFNO/c10-7-3-4-8(11)6(9(7)13)2-1-5-12/h3-4,13H,1-2,5,12H2. The van der Waals surface area contributed by atoms with Crippen LogP contribution in [0.2, 0.25) is 0 Å². The number of aromatic hydroxyl groups is 1. The molecule has 72 valence electrons.